The van der Waals surface area contributed by atoms with Crippen LogP contribution in [0.5, 0.6) is 0 Å². The fourth-order valence-electron chi connectivity index (χ4n) is 2.37. The van der Waals surface area contributed by atoms with Crippen LogP contribution in [0.1, 0.15) is 21.5 Å². The summed E-state index contributed by atoms with van der Waals surface area (Å²) in [6.45, 7) is 4.00. The Balaban J connectivity index is 2.06. The number of hydrogen-bond donors (Lipinski definition) is 1. The van der Waals surface area contributed by atoms with Gasteiger partial charge in [-0.15, -0.1) is 0 Å². The van der Waals surface area contributed by atoms with Gasteiger partial charge < -0.3 is 5.32 Å². The van der Waals surface area contributed by atoms with E-state index in [1.54, 1.807) is 12.1 Å². The second-order valence-electron chi connectivity index (χ2n) is 5.87. The van der Waals surface area contributed by atoms with Crippen molar-refractivity contribution in [2.45, 2.75) is 13.8 Å². The standard InChI is InChI=1S/C18H21FN2O3S/c1-13-7-8-15(11-14(13)2)18(22)20-9-10-21(25(3,23)24)17-6-4-5-16(19)12-17/h4-8,11-12H,9-10H2,1-3H3,(H,20,22). The van der Waals surface area contributed by atoms with E-state index in [1.165, 1.54) is 18.2 Å². The summed E-state index contributed by atoms with van der Waals surface area (Å²) in [4.78, 5) is 12.2. The summed E-state index contributed by atoms with van der Waals surface area (Å²) in [5.41, 5.74) is 2.83. The molecule has 0 fully saturated rings. The maximum atomic E-state index is 13.4. The Hall–Kier alpha value is -2.41. The Labute approximate surface area is 147 Å². The molecule has 0 spiro atoms. The molecule has 2 rings (SSSR count). The number of anilines is 1. The Kier molecular flexibility index (Phi) is 5.79. The minimum absolute atomic E-state index is 0.0128. The van der Waals surface area contributed by atoms with Gasteiger partial charge in [0.05, 0.1) is 18.5 Å². The first-order valence-electron chi connectivity index (χ1n) is 7.77. The largest absolute Gasteiger partial charge is 0.350 e. The van der Waals surface area contributed by atoms with Crippen molar-refractivity contribution >= 4 is 21.6 Å². The van der Waals surface area contributed by atoms with Gasteiger partial charge in [0.1, 0.15) is 5.82 Å². The lowest BCUT2D eigenvalue weighted by Crippen LogP contribution is -2.38. The molecular weight excluding hydrogens is 343 g/mol. The average molecular weight is 364 g/mol. The van der Waals surface area contributed by atoms with Gasteiger partial charge >= 0.3 is 0 Å². The van der Waals surface area contributed by atoms with Crippen LogP contribution < -0.4 is 9.62 Å². The molecule has 2 aromatic carbocycles. The number of nitrogens with one attached hydrogen (secondary N) is 1. The van der Waals surface area contributed by atoms with Crippen molar-refractivity contribution in [3.63, 3.8) is 0 Å². The summed E-state index contributed by atoms with van der Waals surface area (Å²) >= 11 is 0. The highest BCUT2D eigenvalue weighted by atomic mass is 32.2. The Morgan fingerprint density at radius 1 is 1.12 bits per heavy atom. The van der Waals surface area contributed by atoms with Crippen LogP contribution in [-0.4, -0.2) is 33.7 Å². The van der Waals surface area contributed by atoms with Crippen LogP contribution in [-0.2, 0) is 10.0 Å². The number of amides is 1. The van der Waals surface area contributed by atoms with Gasteiger partial charge in [-0.3, -0.25) is 9.10 Å². The van der Waals surface area contributed by atoms with E-state index in [9.17, 15) is 17.6 Å². The molecule has 1 amide bonds. The van der Waals surface area contributed by atoms with E-state index in [4.69, 9.17) is 0 Å². The van der Waals surface area contributed by atoms with Gasteiger partial charge in [-0.05, 0) is 55.3 Å². The molecule has 2 aromatic rings. The average Bonchev–Trinajstić information content (AvgIpc) is 2.52. The van der Waals surface area contributed by atoms with Crippen LogP contribution >= 0.6 is 0 Å². The number of aryl methyl sites for hydroxylation is 2. The fourth-order valence-corrected chi connectivity index (χ4v) is 3.29. The molecular formula is C18H21FN2O3S. The summed E-state index contributed by atoms with van der Waals surface area (Å²) in [6, 6.07) is 10.7. The third kappa shape index (κ3) is 5.03. The van der Waals surface area contributed by atoms with E-state index in [0.717, 1.165) is 27.8 Å². The summed E-state index contributed by atoms with van der Waals surface area (Å²) < 4.78 is 38.4. The fraction of sp³-hybridized carbons (Fsp3) is 0.278. The van der Waals surface area contributed by atoms with Crippen LogP contribution in [0.2, 0.25) is 0 Å². The molecule has 134 valence electrons. The molecule has 0 radical (unpaired) electrons. The monoisotopic (exact) mass is 364 g/mol. The minimum atomic E-state index is -3.59. The Bertz CT molecular complexity index is 882. The molecule has 0 aromatic heterocycles. The van der Waals surface area contributed by atoms with Crippen molar-refractivity contribution in [3.05, 3.63) is 65.0 Å². The van der Waals surface area contributed by atoms with Gasteiger partial charge in [0, 0.05) is 12.1 Å². The maximum Gasteiger partial charge on any atom is 0.251 e. The van der Waals surface area contributed by atoms with Crippen molar-refractivity contribution in [2.24, 2.45) is 0 Å². The number of nitrogens with zero attached hydrogens (tertiary/aromatic N) is 1. The number of halogens is 1. The molecule has 0 aliphatic carbocycles. The zero-order valence-electron chi connectivity index (χ0n) is 14.4. The highest BCUT2D eigenvalue weighted by molar-refractivity contribution is 7.92. The summed E-state index contributed by atoms with van der Waals surface area (Å²) in [5.74, 6) is -0.805. The van der Waals surface area contributed by atoms with Crippen molar-refractivity contribution in [1.29, 1.82) is 0 Å². The molecule has 0 heterocycles. The van der Waals surface area contributed by atoms with E-state index in [-0.39, 0.29) is 24.7 Å². The van der Waals surface area contributed by atoms with Crippen molar-refractivity contribution in [1.82, 2.24) is 5.32 Å². The van der Waals surface area contributed by atoms with E-state index in [2.05, 4.69) is 5.32 Å². The van der Waals surface area contributed by atoms with Gasteiger partial charge in [0.15, 0.2) is 0 Å². The lowest BCUT2D eigenvalue weighted by Gasteiger charge is -2.22. The molecule has 0 unspecified atom stereocenters. The molecule has 0 saturated carbocycles. The van der Waals surface area contributed by atoms with Crippen LogP contribution in [0.3, 0.4) is 0 Å². The van der Waals surface area contributed by atoms with Crippen LogP contribution in [0.4, 0.5) is 10.1 Å². The van der Waals surface area contributed by atoms with E-state index in [1.807, 2.05) is 19.9 Å². The van der Waals surface area contributed by atoms with Crippen LogP contribution in [0.25, 0.3) is 0 Å². The molecule has 5 nitrogen and oxygen atoms in total. The molecule has 0 aliphatic rings. The summed E-state index contributed by atoms with van der Waals surface area (Å²) in [5, 5.41) is 2.69. The predicted octanol–water partition coefficient (Wildman–Crippen LogP) is 2.64. The van der Waals surface area contributed by atoms with Crippen molar-refractivity contribution in [2.75, 3.05) is 23.7 Å². The number of carbonyl (C=O) groups excluding carboxylic acids is 1. The van der Waals surface area contributed by atoms with Crippen molar-refractivity contribution < 1.29 is 17.6 Å². The molecule has 0 atom stereocenters. The van der Waals surface area contributed by atoms with E-state index >= 15 is 0 Å². The normalized spacial score (nSPS) is 11.2. The smallest absolute Gasteiger partial charge is 0.251 e. The number of hydrogen-bond acceptors (Lipinski definition) is 3. The van der Waals surface area contributed by atoms with Gasteiger partial charge in [0.2, 0.25) is 10.0 Å². The summed E-state index contributed by atoms with van der Waals surface area (Å²) in [7, 11) is -3.59. The SMILES string of the molecule is Cc1ccc(C(=O)NCCN(c2cccc(F)c2)S(C)(=O)=O)cc1C. The molecule has 7 heteroatoms. The van der Waals surface area contributed by atoms with E-state index < -0.39 is 15.8 Å². The lowest BCUT2D eigenvalue weighted by atomic mass is 10.1. The topological polar surface area (TPSA) is 66.5 Å². The second kappa shape index (κ2) is 7.65. The third-order valence-corrected chi connectivity index (χ3v) is 5.06. The molecule has 0 bridgehead atoms. The zero-order chi connectivity index (χ0) is 18.6. The number of benzene rings is 2. The van der Waals surface area contributed by atoms with Gasteiger partial charge in [-0.25, -0.2) is 12.8 Å². The molecule has 1 N–H and O–H groups in total. The number of sulfonamides is 1. The zero-order valence-corrected chi connectivity index (χ0v) is 15.2. The highest BCUT2D eigenvalue weighted by Gasteiger charge is 2.18. The lowest BCUT2D eigenvalue weighted by molar-refractivity contribution is 0.0954. The molecule has 0 aliphatic heterocycles. The Morgan fingerprint density at radius 2 is 1.84 bits per heavy atom. The van der Waals surface area contributed by atoms with Crippen LogP contribution in [0.15, 0.2) is 42.5 Å². The summed E-state index contributed by atoms with van der Waals surface area (Å²) in [6.07, 6.45) is 1.04. The van der Waals surface area contributed by atoms with Crippen molar-refractivity contribution in [3.8, 4) is 0 Å². The van der Waals surface area contributed by atoms with Gasteiger partial charge in [0.25, 0.3) is 5.91 Å². The van der Waals surface area contributed by atoms with Gasteiger partial charge in [-0.2, -0.15) is 0 Å². The maximum absolute atomic E-state index is 13.4. The molecule has 0 saturated heterocycles. The predicted molar refractivity (Wildman–Crippen MR) is 96.8 cm³/mol. The number of rotatable bonds is 6. The first kappa shape index (κ1) is 18.9. The van der Waals surface area contributed by atoms with Gasteiger partial charge in [-0.1, -0.05) is 12.1 Å². The quantitative estimate of drug-likeness (QED) is 0.857. The first-order chi connectivity index (χ1) is 11.7. The first-order valence-corrected chi connectivity index (χ1v) is 9.62. The van der Waals surface area contributed by atoms with Crippen LogP contribution in [0, 0.1) is 19.7 Å². The number of carbonyl (C=O) groups is 1. The minimum Gasteiger partial charge on any atom is -0.350 e. The Morgan fingerprint density at radius 3 is 2.44 bits per heavy atom. The third-order valence-electron chi connectivity index (χ3n) is 3.87. The highest BCUT2D eigenvalue weighted by Crippen LogP contribution is 2.18. The second-order valence-corrected chi connectivity index (χ2v) is 7.78. The molecule has 25 heavy (non-hydrogen) atoms. The van der Waals surface area contributed by atoms with E-state index in [0.29, 0.717) is 5.56 Å².